The summed E-state index contributed by atoms with van der Waals surface area (Å²) in [7, 11) is 0. The van der Waals surface area contributed by atoms with Crippen molar-refractivity contribution in [2.45, 2.75) is 67.2 Å². The van der Waals surface area contributed by atoms with Gasteiger partial charge in [0.05, 0.1) is 0 Å². The van der Waals surface area contributed by atoms with Crippen LogP contribution in [0.3, 0.4) is 0 Å². The molecule has 0 unspecified atom stereocenters. The molecule has 0 atom stereocenters. The molecule has 0 aliphatic carbocycles. The van der Waals surface area contributed by atoms with E-state index in [2.05, 4.69) is 57.9 Å². The number of aromatic amines is 1. The zero-order chi connectivity index (χ0) is 26.5. The molecule has 10 heteroatoms. The minimum absolute atomic E-state index is 0. The summed E-state index contributed by atoms with van der Waals surface area (Å²) in [5.41, 5.74) is 3.24. The number of hydrogen-bond donors (Lipinski definition) is 2. The van der Waals surface area contributed by atoms with E-state index in [4.69, 9.17) is 0 Å². The molecule has 0 aromatic carbocycles. The van der Waals surface area contributed by atoms with E-state index < -0.39 is 0 Å². The van der Waals surface area contributed by atoms with Crippen molar-refractivity contribution >= 4 is 22.8 Å². The second kappa shape index (κ2) is 27.1. The molecular formula is C26H40N6O2Y2-4. The van der Waals surface area contributed by atoms with Gasteiger partial charge < -0.3 is 38.0 Å². The van der Waals surface area contributed by atoms with Gasteiger partial charge in [-0.1, -0.05) is 27.7 Å². The van der Waals surface area contributed by atoms with E-state index in [1.54, 1.807) is 19.9 Å². The smallest absolute Gasteiger partial charge is 0.249 e. The molecule has 1 aliphatic rings. The topological polar surface area (TPSA) is 114 Å². The van der Waals surface area contributed by atoms with Gasteiger partial charge in [-0.3, -0.25) is 9.59 Å². The number of anilines is 1. The Morgan fingerprint density at radius 1 is 0.778 bits per heavy atom. The molecule has 3 aromatic heterocycles. The second-order valence-corrected chi connectivity index (χ2v) is 5.60. The van der Waals surface area contributed by atoms with Crippen LogP contribution < -0.4 is 10.9 Å². The van der Waals surface area contributed by atoms with Gasteiger partial charge >= 0.3 is 0 Å². The first-order valence-corrected chi connectivity index (χ1v) is 11.6. The summed E-state index contributed by atoms with van der Waals surface area (Å²) in [6.45, 7) is 25.5. The molecule has 0 saturated carbocycles. The average molecular weight is 646 g/mol. The minimum Gasteiger partial charge on any atom is -0.346 e. The van der Waals surface area contributed by atoms with Crippen molar-refractivity contribution in [3.63, 3.8) is 0 Å². The van der Waals surface area contributed by atoms with Crippen molar-refractivity contribution in [3.05, 3.63) is 79.8 Å². The molecular weight excluding hydrogens is 606 g/mol. The molecule has 1 aliphatic heterocycles. The molecule has 2 N–H and O–H groups in total. The summed E-state index contributed by atoms with van der Waals surface area (Å²) in [6.07, 6.45) is 5.37. The number of H-pyrrole nitrogens is 1. The Kier molecular flexibility index (Phi) is 31.7. The molecule has 3 aromatic rings. The fraction of sp³-hybridized carbons (Fsp3) is 0.385. The summed E-state index contributed by atoms with van der Waals surface area (Å²) >= 11 is 0. The summed E-state index contributed by atoms with van der Waals surface area (Å²) in [6, 6.07) is 3.18. The Balaban J connectivity index is -0.000000214. The number of nitrogens with zero attached hydrogens (tertiary/aromatic N) is 4. The zero-order valence-corrected chi connectivity index (χ0v) is 28.4. The van der Waals surface area contributed by atoms with E-state index >= 15 is 0 Å². The van der Waals surface area contributed by atoms with Crippen LogP contribution in [0.1, 0.15) is 64.9 Å². The Bertz CT molecular complexity index is 1010. The third kappa shape index (κ3) is 14.1. The van der Waals surface area contributed by atoms with Gasteiger partial charge in [0.15, 0.2) is 0 Å². The zero-order valence-electron chi connectivity index (χ0n) is 22.7. The van der Waals surface area contributed by atoms with Crippen LogP contribution in [0.4, 0.5) is 5.82 Å². The molecule has 0 fully saturated rings. The number of rotatable bonds is 2. The number of hydrogen-bond acceptors (Lipinski definition) is 6. The predicted octanol–water partition coefficient (Wildman–Crippen LogP) is 5.16. The van der Waals surface area contributed by atoms with Crippen molar-refractivity contribution in [3.8, 4) is 0 Å². The summed E-state index contributed by atoms with van der Waals surface area (Å²) < 4.78 is 0. The van der Waals surface area contributed by atoms with Gasteiger partial charge in [-0.2, -0.15) is 13.8 Å². The average Bonchev–Trinajstić information content (AvgIpc) is 2.92. The van der Waals surface area contributed by atoms with Gasteiger partial charge in [-0.05, 0) is 12.5 Å². The fourth-order valence-corrected chi connectivity index (χ4v) is 2.69. The van der Waals surface area contributed by atoms with Crippen LogP contribution in [-0.4, -0.2) is 30.8 Å². The summed E-state index contributed by atoms with van der Waals surface area (Å²) in [5, 5.41) is 3.58. The number of carbonyl (C=O) groups excluding carboxylic acids is 1. The fourth-order valence-electron chi connectivity index (χ4n) is 2.69. The Morgan fingerprint density at radius 3 is 1.86 bits per heavy atom. The van der Waals surface area contributed by atoms with E-state index in [9.17, 15) is 9.59 Å². The van der Waals surface area contributed by atoms with Crippen LogP contribution in [0.25, 0.3) is 11.0 Å². The standard InChI is InChI=1S/C9H10N3O.C9H8N3O.2C2H6.2C2H5.2Y/c2*1-2-7-6-3-4-8(13)12-9(6)11-5-10-7;4*1-2;;/h5H,1-4H2,(H,10,11,12,13);3-5H,1-2H2,(H,10,11,12,13);2*1-2H3;2*1H2,2H3;;/q2*-1;;;2*-1;;. The predicted molar refractivity (Wildman–Crippen MR) is 142 cm³/mol. The van der Waals surface area contributed by atoms with Gasteiger partial charge in [0.25, 0.3) is 0 Å². The molecule has 4 rings (SSSR count). The molecule has 0 saturated heterocycles. The number of amides is 1. The third-order valence-electron chi connectivity index (χ3n) is 3.98. The maximum atomic E-state index is 11.0. The molecule has 1 amide bonds. The number of carbonyl (C=O) groups is 1. The van der Waals surface area contributed by atoms with Crippen LogP contribution in [-0.2, 0) is 89.5 Å². The largest absolute Gasteiger partial charge is 0.346 e. The van der Waals surface area contributed by atoms with Gasteiger partial charge in [-0.25, -0.2) is 19.9 Å². The Labute approximate surface area is 267 Å². The Morgan fingerprint density at radius 2 is 1.31 bits per heavy atom. The molecule has 2 radical (unpaired) electrons. The molecule has 0 spiro atoms. The number of nitrogens with one attached hydrogen (secondary N) is 2. The second-order valence-electron chi connectivity index (χ2n) is 5.60. The van der Waals surface area contributed by atoms with E-state index in [1.807, 2.05) is 27.7 Å². The van der Waals surface area contributed by atoms with Crippen molar-refractivity contribution in [1.29, 1.82) is 0 Å². The third-order valence-corrected chi connectivity index (χ3v) is 3.98. The van der Waals surface area contributed by atoms with E-state index in [-0.39, 0.29) is 76.9 Å². The SMILES string of the molecule is CC.CC.[CH2-]C.[CH2-]C.[CH2-]Cc1ncnc2[nH]c(=O)ccc12.[CH2-]Cc1ncnc2c1CCC(=O)N2.[Y].[Y]. The number of aromatic nitrogens is 5. The van der Waals surface area contributed by atoms with Gasteiger partial charge in [0.2, 0.25) is 11.5 Å². The van der Waals surface area contributed by atoms with Crippen LogP contribution in [0, 0.1) is 27.7 Å². The molecule has 36 heavy (non-hydrogen) atoms. The Hall–Kier alpha value is -0.952. The molecule has 4 heterocycles. The van der Waals surface area contributed by atoms with Crippen LogP contribution >= 0.6 is 0 Å². The van der Waals surface area contributed by atoms with Crippen molar-refractivity contribution in [1.82, 2.24) is 24.9 Å². The maximum Gasteiger partial charge on any atom is 0.249 e. The maximum absolute atomic E-state index is 11.0. The summed E-state index contributed by atoms with van der Waals surface area (Å²) in [5.74, 6) is 0.686. The molecule has 0 bridgehead atoms. The first-order valence-electron chi connectivity index (χ1n) is 11.6. The first kappa shape index (κ1) is 42.1. The van der Waals surface area contributed by atoms with Gasteiger partial charge in [-0.15, -0.1) is 12.8 Å². The van der Waals surface area contributed by atoms with Crippen LogP contribution in [0.2, 0.25) is 0 Å². The number of fused-ring (bicyclic) bond motifs is 2. The monoisotopic (exact) mass is 646 g/mol. The van der Waals surface area contributed by atoms with Crippen molar-refractivity contribution < 1.29 is 70.2 Å². The van der Waals surface area contributed by atoms with Gasteiger partial charge in [0, 0.05) is 100 Å². The number of pyridine rings is 1. The van der Waals surface area contributed by atoms with E-state index in [0.717, 1.165) is 28.8 Å². The summed E-state index contributed by atoms with van der Waals surface area (Å²) in [4.78, 5) is 40.8. The van der Waals surface area contributed by atoms with Crippen LogP contribution in [0.15, 0.2) is 29.6 Å². The molecule has 196 valence electrons. The van der Waals surface area contributed by atoms with Crippen LogP contribution in [0.5, 0.6) is 0 Å². The van der Waals surface area contributed by atoms with Gasteiger partial charge in [0.1, 0.15) is 24.1 Å². The van der Waals surface area contributed by atoms with E-state index in [0.29, 0.717) is 30.7 Å². The van der Waals surface area contributed by atoms with E-state index in [1.165, 1.54) is 18.7 Å². The van der Waals surface area contributed by atoms with Crippen molar-refractivity contribution in [2.24, 2.45) is 0 Å². The molecule has 8 nitrogen and oxygen atoms in total. The normalized spacial score (nSPS) is 9.89. The quantitative estimate of drug-likeness (QED) is 0.372. The first-order chi connectivity index (χ1) is 16.6. The minimum atomic E-state index is -0.152. The van der Waals surface area contributed by atoms with Crippen molar-refractivity contribution in [2.75, 3.05) is 5.32 Å².